The number of imidazole rings is 1. The van der Waals surface area contributed by atoms with E-state index < -0.39 is 5.91 Å². The maximum Gasteiger partial charge on any atom is 0.273 e. The van der Waals surface area contributed by atoms with Gasteiger partial charge in [-0.25, -0.2) is 9.67 Å². The molecular formula is C23H18N6O2S. The summed E-state index contributed by atoms with van der Waals surface area (Å²) < 4.78 is 3.51. The molecule has 0 unspecified atom stereocenters. The second kappa shape index (κ2) is 8.48. The van der Waals surface area contributed by atoms with E-state index in [2.05, 4.69) is 20.9 Å². The molecule has 0 radical (unpaired) electrons. The number of fused-ring (bicyclic) bond motifs is 1. The minimum atomic E-state index is -0.454. The Morgan fingerprint density at radius 1 is 0.938 bits per heavy atom. The van der Waals surface area contributed by atoms with Crippen LogP contribution in [0.25, 0.3) is 21.9 Å². The van der Waals surface area contributed by atoms with Crippen molar-refractivity contribution in [3.05, 3.63) is 95.9 Å². The first-order valence-electron chi connectivity index (χ1n) is 9.88. The summed E-state index contributed by atoms with van der Waals surface area (Å²) in [5.41, 5.74) is 8.10. The Labute approximate surface area is 187 Å². The van der Waals surface area contributed by atoms with Crippen LogP contribution in [0.4, 0.5) is 0 Å². The SMILES string of the molecule is O=C(Cc1cn2ccsc2n1)NNC(=O)c1cn(-c2ccccc2)nc1-c1ccccc1. The molecule has 0 aliphatic rings. The van der Waals surface area contributed by atoms with Crippen molar-refractivity contribution >= 4 is 28.1 Å². The van der Waals surface area contributed by atoms with Crippen LogP contribution in [0, 0.1) is 0 Å². The molecule has 0 saturated heterocycles. The smallest absolute Gasteiger partial charge is 0.273 e. The van der Waals surface area contributed by atoms with Crippen LogP contribution in [-0.2, 0) is 11.2 Å². The van der Waals surface area contributed by atoms with Crippen molar-refractivity contribution < 1.29 is 9.59 Å². The summed E-state index contributed by atoms with van der Waals surface area (Å²) in [6.45, 7) is 0. The highest BCUT2D eigenvalue weighted by atomic mass is 32.1. The van der Waals surface area contributed by atoms with Crippen molar-refractivity contribution in [3.63, 3.8) is 0 Å². The molecule has 32 heavy (non-hydrogen) atoms. The van der Waals surface area contributed by atoms with Crippen LogP contribution in [-0.4, -0.2) is 31.0 Å². The molecule has 0 bridgehead atoms. The lowest BCUT2D eigenvalue weighted by atomic mass is 10.1. The Balaban J connectivity index is 1.34. The molecule has 0 atom stereocenters. The maximum absolute atomic E-state index is 12.9. The van der Waals surface area contributed by atoms with Gasteiger partial charge in [0, 0.05) is 29.5 Å². The molecule has 0 spiro atoms. The lowest BCUT2D eigenvalue weighted by molar-refractivity contribution is -0.121. The summed E-state index contributed by atoms with van der Waals surface area (Å²) in [5.74, 6) is -0.814. The van der Waals surface area contributed by atoms with E-state index >= 15 is 0 Å². The van der Waals surface area contributed by atoms with Gasteiger partial charge in [0.05, 0.1) is 23.4 Å². The first-order chi connectivity index (χ1) is 15.7. The molecule has 0 aliphatic carbocycles. The van der Waals surface area contributed by atoms with Gasteiger partial charge in [-0.3, -0.25) is 24.8 Å². The summed E-state index contributed by atoms with van der Waals surface area (Å²) in [7, 11) is 0. The number of benzene rings is 2. The number of carbonyl (C=O) groups excluding carboxylic acids is 2. The van der Waals surface area contributed by atoms with E-state index in [-0.39, 0.29) is 12.3 Å². The topological polar surface area (TPSA) is 93.3 Å². The largest absolute Gasteiger partial charge is 0.297 e. The molecule has 0 aliphatic heterocycles. The normalized spacial score (nSPS) is 10.9. The summed E-state index contributed by atoms with van der Waals surface area (Å²) in [6, 6.07) is 19.0. The molecule has 5 rings (SSSR count). The van der Waals surface area contributed by atoms with Crippen molar-refractivity contribution in [3.8, 4) is 16.9 Å². The summed E-state index contributed by atoms with van der Waals surface area (Å²) >= 11 is 1.49. The second-order valence-corrected chi connectivity index (χ2v) is 7.91. The highest BCUT2D eigenvalue weighted by Gasteiger charge is 2.19. The maximum atomic E-state index is 12.9. The fourth-order valence-corrected chi connectivity index (χ4v) is 4.05. The number of nitrogens with zero attached hydrogens (tertiary/aromatic N) is 4. The zero-order chi connectivity index (χ0) is 21.9. The van der Waals surface area contributed by atoms with E-state index in [1.165, 1.54) is 11.3 Å². The van der Waals surface area contributed by atoms with Gasteiger partial charge in [-0.15, -0.1) is 11.3 Å². The van der Waals surface area contributed by atoms with Gasteiger partial charge in [-0.2, -0.15) is 5.10 Å². The van der Waals surface area contributed by atoms with Crippen molar-refractivity contribution in [2.75, 3.05) is 0 Å². The van der Waals surface area contributed by atoms with Gasteiger partial charge in [-0.05, 0) is 12.1 Å². The number of hydrogen-bond donors (Lipinski definition) is 2. The van der Waals surface area contributed by atoms with Crippen LogP contribution in [0.15, 0.2) is 84.6 Å². The first-order valence-corrected chi connectivity index (χ1v) is 10.8. The third kappa shape index (κ3) is 4.01. The molecule has 5 aromatic rings. The minimum Gasteiger partial charge on any atom is -0.297 e. The molecule has 3 heterocycles. The molecule has 158 valence electrons. The lowest BCUT2D eigenvalue weighted by Crippen LogP contribution is -2.42. The van der Waals surface area contributed by atoms with Crippen LogP contribution >= 0.6 is 11.3 Å². The number of thiazole rings is 1. The predicted octanol–water partition coefficient (Wildman–Crippen LogP) is 3.25. The van der Waals surface area contributed by atoms with Gasteiger partial charge in [0.2, 0.25) is 5.91 Å². The van der Waals surface area contributed by atoms with Gasteiger partial charge in [0.25, 0.3) is 5.91 Å². The molecule has 9 heteroatoms. The first kappa shape index (κ1) is 19.7. The molecule has 2 aromatic carbocycles. The summed E-state index contributed by atoms with van der Waals surface area (Å²) in [5, 5.41) is 6.54. The molecule has 0 saturated carbocycles. The number of amides is 2. The lowest BCUT2D eigenvalue weighted by Gasteiger charge is -2.06. The fraction of sp³-hybridized carbons (Fsp3) is 0.0435. The Bertz CT molecular complexity index is 1360. The van der Waals surface area contributed by atoms with E-state index in [1.807, 2.05) is 76.6 Å². The number of carbonyl (C=O) groups is 2. The molecule has 8 nitrogen and oxygen atoms in total. The molecule has 2 amide bonds. The molecule has 3 aromatic heterocycles. The van der Waals surface area contributed by atoms with Gasteiger partial charge in [0.1, 0.15) is 5.69 Å². The highest BCUT2D eigenvalue weighted by molar-refractivity contribution is 7.15. The van der Waals surface area contributed by atoms with Crippen molar-refractivity contribution in [2.45, 2.75) is 6.42 Å². The van der Waals surface area contributed by atoms with Crippen LogP contribution in [0.3, 0.4) is 0 Å². The van der Waals surface area contributed by atoms with E-state index in [0.717, 1.165) is 16.2 Å². The number of nitrogens with one attached hydrogen (secondary N) is 2. The van der Waals surface area contributed by atoms with Gasteiger partial charge in [0.15, 0.2) is 4.96 Å². The summed E-state index contributed by atoms with van der Waals surface area (Å²) in [4.78, 5) is 30.5. The number of rotatable bonds is 5. The zero-order valence-corrected chi connectivity index (χ0v) is 17.6. The average Bonchev–Trinajstić information content (AvgIpc) is 3.54. The quantitative estimate of drug-likeness (QED) is 0.409. The monoisotopic (exact) mass is 442 g/mol. The standard InChI is InChI=1S/C23H18N6O2S/c30-20(13-17-14-28-11-12-32-23(28)24-17)25-26-22(31)19-15-29(18-9-5-2-6-10-18)27-21(19)16-7-3-1-4-8-16/h1-12,14-15H,13H2,(H,25,30)(H,26,31). The van der Waals surface area contributed by atoms with Gasteiger partial charge in [-0.1, -0.05) is 48.5 Å². The molecule has 0 fully saturated rings. The van der Waals surface area contributed by atoms with E-state index in [4.69, 9.17) is 0 Å². The van der Waals surface area contributed by atoms with E-state index in [9.17, 15) is 9.59 Å². The van der Waals surface area contributed by atoms with Gasteiger partial charge >= 0.3 is 0 Å². The molecular weight excluding hydrogens is 424 g/mol. The summed E-state index contributed by atoms with van der Waals surface area (Å²) in [6.07, 6.45) is 5.39. The van der Waals surface area contributed by atoms with E-state index in [1.54, 1.807) is 17.1 Å². The Morgan fingerprint density at radius 2 is 1.69 bits per heavy atom. The fourth-order valence-electron chi connectivity index (χ4n) is 3.33. The van der Waals surface area contributed by atoms with Gasteiger partial charge < -0.3 is 0 Å². The average molecular weight is 443 g/mol. The number of para-hydroxylation sites is 1. The van der Waals surface area contributed by atoms with Crippen LogP contribution < -0.4 is 10.9 Å². The Morgan fingerprint density at radius 3 is 2.44 bits per heavy atom. The number of hydrazine groups is 1. The van der Waals surface area contributed by atoms with Crippen LogP contribution in [0.5, 0.6) is 0 Å². The van der Waals surface area contributed by atoms with Crippen molar-refractivity contribution in [1.29, 1.82) is 0 Å². The number of hydrogen-bond acceptors (Lipinski definition) is 5. The van der Waals surface area contributed by atoms with Crippen molar-refractivity contribution in [2.24, 2.45) is 0 Å². The van der Waals surface area contributed by atoms with Crippen LogP contribution in [0.2, 0.25) is 0 Å². The number of aromatic nitrogens is 4. The predicted molar refractivity (Wildman–Crippen MR) is 121 cm³/mol. The van der Waals surface area contributed by atoms with E-state index in [0.29, 0.717) is 17.0 Å². The Hall–Kier alpha value is -4.24. The minimum absolute atomic E-state index is 0.0590. The van der Waals surface area contributed by atoms with Crippen LogP contribution in [0.1, 0.15) is 16.1 Å². The van der Waals surface area contributed by atoms with Crippen molar-refractivity contribution in [1.82, 2.24) is 30.0 Å². The molecule has 2 N–H and O–H groups in total. The Kier molecular flexibility index (Phi) is 5.22. The second-order valence-electron chi connectivity index (χ2n) is 7.04. The third-order valence-electron chi connectivity index (χ3n) is 4.83. The third-order valence-corrected chi connectivity index (χ3v) is 5.60. The highest BCUT2D eigenvalue weighted by Crippen LogP contribution is 2.23. The zero-order valence-electron chi connectivity index (χ0n) is 16.8.